The Bertz CT molecular complexity index is 157. The van der Waals surface area contributed by atoms with E-state index in [0.29, 0.717) is 25.9 Å². The van der Waals surface area contributed by atoms with Crippen LogP contribution in [0.5, 0.6) is 0 Å². The summed E-state index contributed by atoms with van der Waals surface area (Å²) in [6, 6.07) is 0. The lowest BCUT2D eigenvalue weighted by Gasteiger charge is -2.15. The highest BCUT2D eigenvalue weighted by Gasteiger charge is 2.01. The third-order valence-electron chi connectivity index (χ3n) is 1.77. The topological polar surface area (TPSA) is 37.4 Å². The zero-order valence-corrected chi connectivity index (χ0v) is 8.16. The molecular formula is C10H17NO2. The molecule has 0 spiro atoms. The number of nitrogens with zero attached hydrogens (tertiary/aromatic N) is 1. The number of carbonyl (C=O) groups is 2. The first-order valence-electron chi connectivity index (χ1n) is 4.59. The van der Waals surface area contributed by atoms with E-state index >= 15 is 0 Å². The highest BCUT2D eigenvalue weighted by Crippen LogP contribution is 1.96. The second-order valence-electron chi connectivity index (χ2n) is 3.09. The molecule has 0 rings (SSSR count). The van der Waals surface area contributed by atoms with Crippen molar-refractivity contribution in [1.82, 2.24) is 4.90 Å². The van der Waals surface area contributed by atoms with Crippen molar-refractivity contribution in [2.45, 2.75) is 32.6 Å². The lowest BCUT2D eigenvalue weighted by atomic mass is 10.2. The van der Waals surface area contributed by atoms with Crippen LogP contribution in [0, 0.1) is 6.92 Å². The summed E-state index contributed by atoms with van der Waals surface area (Å²) >= 11 is 0. The van der Waals surface area contributed by atoms with E-state index in [1.54, 1.807) is 11.8 Å². The molecule has 1 amide bonds. The Labute approximate surface area is 80.1 Å². The van der Waals surface area contributed by atoms with Crippen molar-refractivity contribution in [3.05, 3.63) is 6.92 Å². The van der Waals surface area contributed by atoms with Crippen molar-refractivity contribution in [1.29, 1.82) is 0 Å². The van der Waals surface area contributed by atoms with Crippen LogP contribution < -0.4 is 0 Å². The number of ketones is 1. The van der Waals surface area contributed by atoms with Crippen molar-refractivity contribution in [3.63, 3.8) is 0 Å². The molecule has 0 saturated carbocycles. The Morgan fingerprint density at radius 2 is 2.00 bits per heavy atom. The summed E-state index contributed by atoms with van der Waals surface area (Å²) in [5.41, 5.74) is 0. The van der Waals surface area contributed by atoms with E-state index in [4.69, 9.17) is 6.92 Å². The van der Waals surface area contributed by atoms with Gasteiger partial charge < -0.3 is 9.69 Å². The highest BCUT2D eigenvalue weighted by atomic mass is 16.1. The summed E-state index contributed by atoms with van der Waals surface area (Å²) in [6.07, 6.45) is 3.53. The standard InChI is InChI=1S/C10H17NO2/c1-3-4-7-11(9-12)8-5-6-10(2)13/h1,9H,3-8H2,2H3. The van der Waals surface area contributed by atoms with Gasteiger partial charge in [0.2, 0.25) is 6.41 Å². The molecule has 0 aliphatic carbocycles. The molecule has 3 nitrogen and oxygen atoms in total. The molecule has 74 valence electrons. The fourth-order valence-corrected chi connectivity index (χ4v) is 1.04. The van der Waals surface area contributed by atoms with Gasteiger partial charge in [0.1, 0.15) is 5.78 Å². The molecule has 0 N–H and O–H groups in total. The Balaban J connectivity index is 3.47. The summed E-state index contributed by atoms with van der Waals surface area (Å²) in [7, 11) is 0. The van der Waals surface area contributed by atoms with Gasteiger partial charge >= 0.3 is 0 Å². The molecule has 0 unspecified atom stereocenters. The van der Waals surface area contributed by atoms with Crippen molar-refractivity contribution in [2.24, 2.45) is 0 Å². The lowest BCUT2D eigenvalue weighted by Crippen LogP contribution is -2.24. The molecule has 0 aromatic carbocycles. The first-order valence-corrected chi connectivity index (χ1v) is 4.59. The number of unbranched alkanes of at least 4 members (excludes halogenated alkanes) is 1. The third-order valence-corrected chi connectivity index (χ3v) is 1.77. The number of rotatable bonds is 8. The SMILES string of the molecule is [CH]CCCN(C=O)CCCC(C)=O. The maximum atomic E-state index is 10.6. The minimum atomic E-state index is 0.171. The van der Waals surface area contributed by atoms with Crippen molar-refractivity contribution < 1.29 is 9.59 Å². The molecule has 0 aliphatic heterocycles. The van der Waals surface area contributed by atoms with Crippen LogP contribution in [-0.2, 0) is 9.59 Å². The summed E-state index contributed by atoms with van der Waals surface area (Å²) in [5.74, 6) is 0.171. The van der Waals surface area contributed by atoms with Crippen LogP contribution in [0.3, 0.4) is 0 Å². The highest BCUT2D eigenvalue weighted by molar-refractivity contribution is 5.75. The quantitative estimate of drug-likeness (QED) is 0.532. The van der Waals surface area contributed by atoms with Gasteiger partial charge in [0.05, 0.1) is 0 Å². The number of Topliss-reactive ketones (excluding diaryl/α,β-unsaturated/α-hetero) is 1. The Morgan fingerprint density at radius 3 is 2.46 bits per heavy atom. The molecule has 0 aromatic rings. The average Bonchev–Trinajstić information content (AvgIpc) is 2.10. The maximum Gasteiger partial charge on any atom is 0.209 e. The molecule has 0 atom stereocenters. The molecule has 0 aromatic heterocycles. The third kappa shape index (κ3) is 7.50. The van der Waals surface area contributed by atoms with Crippen LogP contribution >= 0.6 is 0 Å². The summed E-state index contributed by atoms with van der Waals surface area (Å²) in [6.45, 7) is 8.22. The predicted molar refractivity (Wildman–Crippen MR) is 51.1 cm³/mol. The Morgan fingerprint density at radius 1 is 1.38 bits per heavy atom. The van der Waals surface area contributed by atoms with Crippen molar-refractivity contribution in [3.8, 4) is 0 Å². The molecule has 13 heavy (non-hydrogen) atoms. The molecule has 0 bridgehead atoms. The van der Waals surface area contributed by atoms with Gasteiger partial charge in [-0.15, -0.1) is 0 Å². The summed E-state index contributed by atoms with van der Waals surface area (Å²) < 4.78 is 0. The van der Waals surface area contributed by atoms with E-state index in [0.717, 1.165) is 19.3 Å². The predicted octanol–water partition coefficient (Wildman–Crippen LogP) is 1.31. The average molecular weight is 183 g/mol. The van der Waals surface area contributed by atoms with Gasteiger partial charge in [-0.1, -0.05) is 0 Å². The van der Waals surface area contributed by atoms with Crippen molar-refractivity contribution >= 4 is 12.2 Å². The maximum absolute atomic E-state index is 10.6. The fraction of sp³-hybridized carbons (Fsp3) is 0.700. The van der Waals surface area contributed by atoms with Crippen LogP contribution in [-0.4, -0.2) is 30.2 Å². The first-order chi connectivity index (χ1) is 6.20. The molecular weight excluding hydrogens is 166 g/mol. The number of hydrogen-bond donors (Lipinski definition) is 0. The van der Waals surface area contributed by atoms with E-state index in [-0.39, 0.29) is 5.78 Å². The van der Waals surface area contributed by atoms with Crippen molar-refractivity contribution in [2.75, 3.05) is 13.1 Å². The van der Waals surface area contributed by atoms with Gasteiger partial charge in [-0.05, 0) is 33.1 Å². The second-order valence-corrected chi connectivity index (χ2v) is 3.09. The van der Waals surface area contributed by atoms with E-state index in [9.17, 15) is 9.59 Å². The number of hydrogen-bond acceptors (Lipinski definition) is 2. The van der Waals surface area contributed by atoms with E-state index in [2.05, 4.69) is 0 Å². The van der Waals surface area contributed by atoms with Gasteiger partial charge in [0.15, 0.2) is 0 Å². The van der Waals surface area contributed by atoms with E-state index < -0.39 is 0 Å². The fourth-order valence-electron chi connectivity index (χ4n) is 1.04. The minimum Gasteiger partial charge on any atom is -0.345 e. The van der Waals surface area contributed by atoms with Crippen LogP contribution in [0.25, 0.3) is 0 Å². The summed E-state index contributed by atoms with van der Waals surface area (Å²) in [5, 5.41) is 0. The minimum absolute atomic E-state index is 0.171. The Hall–Kier alpha value is -0.860. The molecule has 2 radical (unpaired) electrons. The normalized spacial score (nSPS) is 9.69. The van der Waals surface area contributed by atoms with Crippen LogP contribution in [0.1, 0.15) is 32.6 Å². The largest absolute Gasteiger partial charge is 0.345 e. The zero-order chi connectivity index (χ0) is 10.1. The smallest absolute Gasteiger partial charge is 0.209 e. The van der Waals surface area contributed by atoms with Gasteiger partial charge in [-0.3, -0.25) is 4.79 Å². The van der Waals surface area contributed by atoms with Crippen LogP contribution in [0.15, 0.2) is 0 Å². The van der Waals surface area contributed by atoms with Gasteiger partial charge in [-0.2, -0.15) is 0 Å². The number of carbonyl (C=O) groups excluding carboxylic acids is 2. The molecule has 0 heterocycles. The molecule has 0 saturated heterocycles. The van der Waals surface area contributed by atoms with Gasteiger partial charge in [-0.25, -0.2) is 0 Å². The Kier molecular flexibility index (Phi) is 7.26. The van der Waals surface area contributed by atoms with Gasteiger partial charge in [0.25, 0.3) is 0 Å². The van der Waals surface area contributed by atoms with E-state index in [1.165, 1.54) is 0 Å². The molecule has 3 heteroatoms. The number of amides is 1. The van der Waals surface area contributed by atoms with Gasteiger partial charge in [0, 0.05) is 19.5 Å². The van der Waals surface area contributed by atoms with Crippen LogP contribution in [0.2, 0.25) is 0 Å². The lowest BCUT2D eigenvalue weighted by molar-refractivity contribution is -0.120. The van der Waals surface area contributed by atoms with Crippen LogP contribution in [0.4, 0.5) is 0 Å². The first kappa shape index (κ1) is 12.1. The second kappa shape index (κ2) is 7.77. The molecule has 0 fully saturated rings. The molecule has 0 aliphatic rings. The summed E-state index contributed by atoms with van der Waals surface area (Å²) in [4.78, 5) is 22.8. The zero-order valence-electron chi connectivity index (χ0n) is 8.16. The monoisotopic (exact) mass is 183 g/mol. The van der Waals surface area contributed by atoms with E-state index in [1.807, 2.05) is 0 Å².